The molecule has 2 aromatic rings. The number of amides is 2. The molecule has 0 aliphatic carbocycles. The van der Waals surface area contributed by atoms with E-state index in [9.17, 15) is 22.8 Å². The topological polar surface area (TPSA) is 49.4 Å². The maximum Gasteiger partial charge on any atom is 0.418 e. The van der Waals surface area contributed by atoms with Crippen molar-refractivity contribution < 1.29 is 22.8 Å². The number of nitrogens with one attached hydrogen (secondary N) is 1. The van der Waals surface area contributed by atoms with Crippen LogP contribution in [0.1, 0.15) is 23.6 Å². The van der Waals surface area contributed by atoms with E-state index in [1.165, 1.54) is 23.1 Å². The number of alkyl halides is 3. The highest BCUT2D eigenvalue weighted by molar-refractivity contribution is 5.95. The van der Waals surface area contributed by atoms with Gasteiger partial charge in [0.25, 0.3) is 0 Å². The van der Waals surface area contributed by atoms with Crippen LogP contribution in [0, 0.1) is 6.92 Å². The Morgan fingerprint density at radius 3 is 2.26 bits per heavy atom. The number of nitrogens with zero attached hydrogens (tertiary/aromatic N) is 1. The fraction of sp³-hybridized carbons (Fsp3) is 0.300. The number of benzene rings is 2. The van der Waals surface area contributed by atoms with Gasteiger partial charge in [-0.25, -0.2) is 0 Å². The molecule has 0 aliphatic heterocycles. The molecule has 0 heterocycles. The minimum absolute atomic E-state index is 0.126. The second-order valence-electron chi connectivity index (χ2n) is 6.16. The molecule has 0 atom stereocenters. The molecule has 2 rings (SSSR count). The van der Waals surface area contributed by atoms with Crippen LogP contribution in [0.3, 0.4) is 0 Å². The standard InChI is InChI=1S/C20H21F3N2O2/c1-3-25(19(27)12-15-10-8-14(2)9-11-15)13-18(26)24-17-7-5-4-6-16(17)20(21,22)23/h4-11H,3,12-13H2,1-2H3,(H,24,26). The minimum Gasteiger partial charge on any atom is -0.333 e. The summed E-state index contributed by atoms with van der Waals surface area (Å²) in [4.78, 5) is 25.9. The Kier molecular flexibility index (Phi) is 6.60. The quantitative estimate of drug-likeness (QED) is 0.825. The third-order valence-corrected chi connectivity index (χ3v) is 4.05. The SMILES string of the molecule is CCN(CC(=O)Nc1ccccc1C(F)(F)F)C(=O)Cc1ccc(C)cc1. The maximum atomic E-state index is 13.0. The van der Waals surface area contributed by atoms with Crippen LogP contribution in [0.4, 0.5) is 18.9 Å². The van der Waals surface area contributed by atoms with Gasteiger partial charge in [-0.1, -0.05) is 42.0 Å². The Balaban J connectivity index is 2.03. The number of likely N-dealkylation sites (N-methyl/N-ethyl adjacent to an activating group) is 1. The van der Waals surface area contributed by atoms with Crippen molar-refractivity contribution in [3.05, 3.63) is 65.2 Å². The summed E-state index contributed by atoms with van der Waals surface area (Å²) < 4.78 is 39.0. The van der Waals surface area contributed by atoms with Crippen LogP contribution in [-0.2, 0) is 22.2 Å². The monoisotopic (exact) mass is 378 g/mol. The van der Waals surface area contributed by atoms with E-state index >= 15 is 0 Å². The lowest BCUT2D eigenvalue weighted by atomic mass is 10.1. The van der Waals surface area contributed by atoms with Gasteiger partial charge in [-0.05, 0) is 31.5 Å². The number of carbonyl (C=O) groups is 2. The third kappa shape index (κ3) is 5.84. The highest BCUT2D eigenvalue weighted by Crippen LogP contribution is 2.34. The smallest absolute Gasteiger partial charge is 0.333 e. The molecular formula is C20H21F3N2O2. The summed E-state index contributed by atoms with van der Waals surface area (Å²) >= 11 is 0. The summed E-state index contributed by atoms with van der Waals surface area (Å²) in [6.45, 7) is 3.61. The molecule has 4 nitrogen and oxygen atoms in total. The van der Waals surface area contributed by atoms with Gasteiger partial charge in [0.1, 0.15) is 0 Å². The van der Waals surface area contributed by atoms with Crippen LogP contribution in [0.15, 0.2) is 48.5 Å². The number of carbonyl (C=O) groups excluding carboxylic acids is 2. The van der Waals surface area contributed by atoms with E-state index in [4.69, 9.17) is 0 Å². The van der Waals surface area contributed by atoms with Crippen molar-refractivity contribution >= 4 is 17.5 Å². The zero-order valence-electron chi connectivity index (χ0n) is 15.1. The molecule has 0 saturated heterocycles. The van der Waals surface area contributed by atoms with Gasteiger partial charge < -0.3 is 10.2 Å². The number of hydrogen-bond donors (Lipinski definition) is 1. The largest absolute Gasteiger partial charge is 0.418 e. The van der Waals surface area contributed by atoms with Gasteiger partial charge in [0.15, 0.2) is 0 Å². The van der Waals surface area contributed by atoms with Crippen molar-refractivity contribution in [2.45, 2.75) is 26.4 Å². The van der Waals surface area contributed by atoms with Crippen molar-refractivity contribution in [3.63, 3.8) is 0 Å². The lowest BCUT2D eigenvalue weighted by Gasteiger charge is -2.21. The average molecular weight is 378 g/mol. The van der Waals surface area contributed by atoms with Gasteiger partial charge >= 0.3 is 6.18 Å². The van der Waals surface area contributed by atoms with Crippen molar-refractivity contribution in [2.75, 3.05) is 18.4 Å². The molecule has 144 valence electrons. The van der Waals surface area contributed by atoms with Crippen LogP contribution in [-0.4, -0.2) is 29.8 Å². The molecule has 2 amide bonds. The van der Waals surface area contributed by atoms with Crippen molar-refractivity contribution in [1.29, 1.82) is 0 Å². The Morgan fingerprint density at radius 1 is 1.04 bits per heavy atom. The molecule has 0 aromatic heterocycles. The van der Waals surface area contributed by atoms with Crippen LogP contribution < -0.4 is 5.32 Å². The molecule has 0 unspecified atom stereocenters. The average Bonchev–Trinajstić information content (AvgIpc) is 2.61. The van der Waals surface area contributed by atoms with Crippen LogP contribution >= 0.6 is 0 Å². The van der Waals surface area contributed by atoms with Gasteiger partial charge in [-0.15, -0.1) is 0 Å². The summed E-state index contributed by atoms with van der Waals surface area (Å²) in [5.41, 5.74) is 0.637. The van der Waals surface area contributed by atoms with E-state index in [-0.39, 0.29) is 31.1 Å². The maximum absolute atomic E-state index is 13.0. The van der Waals surface area contributed by atoms with E-state index < -0.39 is 17.6 Å². The fourth-order valence-electron chi connectivity index (χ4n) is 2.57. The first-order valence-electron chi connectivity index (χ1n) is 8.50. The van der Waals surface area contributed by atoms with E-state index in [1.54, 1.807) is 6.92 Å². The summed E-state index contributed by atoms with van der Waals surface area (Å²) in [5.74, 6) is -0.939. The van der Waals surface area contributed by atoms with E-state index in [1.807, 2.05) is 31.2 Å². The van der Waals surface area contributed by atoms with Gasteiger partial charge in [-0.3, -0.25) is 9.59 Å². The molecule has 1 N–H and O–H groups in total. The Morgan fingerprint density at radius 2 is 1.67 bits per heavy atom. The van der Waals surface area contributed by atoms with E-state index in [2.05, 4.69) is 5.32 Å². The highest BCUT2D eigenvalue weighted by Gasteiger charge is 2.33. The van der Waals surface area contributed by atoms with E-state index in [0.29, 0.717) is 0 Å². The lowest BCUT2D eigenvalue weighted by molar-refractivity contribution is -0.137. The highest BCUT2D eigenvalue weighted by atomic mass is 19.4. The van der Waals surface area contributed by atoms with E-state index in [0.717, 1.165) is 17.2 Å². The molecule has 0 spiro atoms. The molecular weight excluding hydrogens is 357 g/mol. The zero-order chi connectivity index (χ0) is 20.0. The Labute approximate surface area is 156 Å². The van der Waals surface area contributed by atoms with Crippen LogP contribution in [0.5, 0.6) is 0 Å². The molecule has 0 aliphatic rings. The molecule has 7 heteroatoms. The normalized spacial score (nSPS) is 11.1. The molecule has 0 radical (unpaired) electrons. The second kappa shape index (κ2) is 8.70. The number of rotatable bonds is 6. The minimum atomic E-state index is -4.57. The number of halogens is 3. The van der Waals surface area contributed by atoms with Crippen molar-refractivity contribution in [3.8, 4) is 0 Å². The fourth-order valence-corrected chi connectivity index (χ4v) is 2.57. The van der Waals surface area contributed by atoms with Crippen LogP contribution in [0.2, 0.25) is 0 Å². The van der Waals surface area contributed by atoms with Gasteiger partial charge in [0, 0.05) is 6.54 Å². The number of aryl methyl sites for hydroxylation is 1. The first-order chi connectivity index (χ1) is 12.7. The third-order valence-electron chi connectivity index (χ3n) is 4.05. The van der Waals surface area contributed by atoms with Gasteiger partial charge in [-0.2, -0.15) is 13.2 Å². The summed E-state index contributed by atoms with van der Waals surface area (Å²) in [6.07, 6.45) is -4.45. The molecule has 2 aromatic carbocycles. The predicted molar refractivity (Wildman–Crippen MR) is 97.2 cm³/mol. The first-order valence-corrected chi connectivity index (χ1v) is 8.50. The zero-order valence-corrected chi connectivity index (χ0v) is 15.1. The predicted octanol–water partition coefficient (Wildman–Crippen LogP) is 4.04. The number of para-hydroxylation sites is 1. The summed E-state index contributed by atoms with van der Waals surface area (Å²) in [5, 5.41) is 2.26. The summed E-state index contributed by atoms with van der Waals surface area (Å²) in [7, 11) is 0. The van der Waals surface area contributed by atoms with Crippen LogP contribution in [0.25, 0.3) is 0 Å². The van der Waals surface area contributed by atoms with Gasteiger partial charge in [0.05, 0.1) is 24.2 Å². The molecule has 0 fully saturated rings. The van der Waals surface area contributed by atoms with Crippen molar-refractivity contribution in [2.24, 2.45) is 0 Å². The number of hydrogen-bond acceptors (Lipinski definition) is 2. The molecule has 0 bridgehead atoms. The summed E-state index contributed by atoms with van der Waals surface area (Å²) in [6, 6.07) is 12.2. The molecule has 0 saturated carbocycles. The lowest BCUT2D eigenvalue weighted by Crippen LogP contribution is -2.38. The molecule has 27 heavy (non-hydrogen) atoms. The Hall–Kier alpha value is -2.83. The van der Waals surface area contributed by atoms with Gasteiger partial charge in [0.2, 0.25) is 11.8 Å². The Bertz CT molecular complexity index is 802. The number of anilines is 1. The van der Waals surface area contributed by atoms with Crippen molar-refractivity contribution in [1.82, 2.24) is 4.90 Å². The first kappa shape index (κ1) is 20.5. The second-order valence-corrected chi connectivity index (χ2v) is 6.16.